The van der Waals surface area contributed by atoms with Crippen LogP contribution in [0.15, 0.2) is 47.4 Å². The molecule has 0 aromatic heterocycles. The maximum Gasteiger partial charge on any atom is 0.309 e. The number of anilines is 1. The number of halogens is 2. The van der Waals surface area contributed by atoms with Gasteiger partial charge in [0.15, 0.2) is 4.90 Å². The van der Waals surface area contributed by atoms with Crippen LogP contribution in [-0.2, 0) is 24.3 Å². The number of cyclic esters (lactones) is 1. The number of nitrogens with one attached hydrogen (secondary N) is 1. The Morgan fingerprint density at radius 1 is 1.26 bits per heavy atom. The standard InChI is InChI=1S/C25H28ClFN4O7S/c1-15-10-21(38-24(15)33)18(28-39(36,37)22-7-5-4-6-19(22)31(34)35)12-29-13-23(32)30(14-25(29,2)3)20-11-16(27)8-9-17(20)26/h4-9,11,15,18,21,28H,10,12-14H2,1-3H3/t15-,18+,21+/m1/s1. The first kappa shape index (κ1) is 28.9. The molecule has 14 heteroatoms. The summed E-state index contributed by atoms with van der Waals surface area (Å²) in [5, 5.41) is 11.7. The topological polar surface area (TPSA) is 139 Å². The molecule has 0 saturated carbocycles. The minimum Gasteiger partial charge on any atom is -0.460 e. The molecule has 11 nitrogen and oxygen atoms in total. The van der Waals surface area contributed by atoms with Gasteiger partial charge in [-0.3, -0.25) is 24.6 Å². The van der Waals surface area contributed by atoms with Gasteiger partial charge in [-0.2, -0.15) is 0 Å². The zero-order valence-electron chi connectivity index (χ0n) is 21.5. The van der Waals surface area contributed by atoms with Gasteiger partial charge in [0.25, 0.3) is 5.69 Å². The lowest BCUT2D eigenvalue weighted by atomic mass is 9.95. The van der Waals surface area contributed by atoms with Gasteiger partial charge in [-0.25, -0.2) is 17.5 Å². The van der Waals surface area contributed by atoms with Crippen LogP contribution in [0.25, 0.3) is 0 Å². The molecular formula is C25H28ClFN4O7S. The number of nitro groups is 1. The van der Waals surface area contributed by atoms with Gasteiger partial charge in [0.2, 0.25) is 15.9 Å². The number of piperazine rings is 1. The summed E-state index contributed by atoms with van der Waals surface area (Å²) in [4.78, 5) is 38.7. The summed E-state index contributed by atoms with van der Waals surface area (Å²) >= 11 is 6.24. The van der Waals surface area contributed by atoms with Crippen molar-refractivity contribution in [2.75, 3.05) is 24.5 Å². The van der Waals surface area contributed by atoms with Crippen LogP contribution in [0.5, 0.6) is 0 Å². The number of amides is 1. The summed E-state index contributed by atoms with van der Waals surface area (Å²) in [7, 11) is -4.44. The molecule has 3 atom stereocenters. The quantitative estimate of drug-likeness (QED) is 0.284. The number of benzene rings is 2. The molecule has 1 amide bonds. The van der Waals surface area contributed by atoms with Crippen LogP contribution in [0.2, 0.25) is 5.02 Å². The number of hydrogen-bond acceptors (Lipinski definition) is 8. The molecular weight excluding hydrogens is 555 g/mol. The lowest BCUT2D eigenvalue weighted by Crippen LogP contribution is -2.65. The van der Waals surface area contributed by atoms with Gasteiger partial charge in [-0.1, -0.05) is 30.7 Å². The van der Waals surface area contributed by atoms with Crippen molar-refractivity contribution >= 4 is 44.9 Å². The number of sulfonamides is 1. The van der Waals surface area contributed by atoms with E-state index < -0.39 is 60.9 Å². The number of nitrogens with zero attached hydrogens (tertiary/aromatic N) is 3. The summed E-state index contributed by atoms with van der Waals surface area (Å²) < 4.78 is 48.6. The molecule has 210 valence electrons. The largest absolute Gasteiger partial charge is 0.460 e. The number of carbonyl (C=O) groups is 2. The highest BCUT2D eigenvalue weighted by Gasteiger charge is 2.45. The highest BCUT2D eigenvalue weighted by Crippen LogP contribution is 2.33. The number of carbonyl (C=O) groups excluding carboxylic acids is 2. The molecule has 0 radical (unpaired) electrons. The molecule has 4 rings (SSSR count). The van der Waals surface area contributed by atoms with Crippen LogP contribution in [0.1, 0.15) is 27.2 Å². The molecule has 2 aliphatic rings. The summed E-state index contributed by atoms with van der Waals surface area (Å²) in [6, 6.07) is 7.63. The van der Waals surface area contributed by atoms with Gasteiger partial charge in [-0.05, 0) is 44.5 Å². The number of esters is 1. The Kier molecular flexibility index (Phi) is 7.99. The van der Waals surface area contributed by atoms with Crippen molar-refractivity contribution in [3.8, 4) is 0 Å². The van der Waals surface area contributed by atoms with Crippen LogP contribution in [0, 0.1) is 21.8 Å². The van der Waals surface area contributed by atoms with E-state index in [1.54, 1.807) is 11.8 Å². The van der Waals surface area contributed by atoms with Gasteiger partial charge in [0.1, 0.15) is 11.9 Å². The third-order valence-electron chi connectivity index (χ3n) is 7.01. The fourth-order valence-corrected chi connectivity index (χ4v) is 6.48. The zero-order valence-corrected chi connectivity index (χ0v) is 23.0. The average molecular weight is 583 g/mol. The highest BCUT2D eigenvalue weighted by molar-refractivity contribution is 7.89. The Bertz CT molecular complexity index is 1420. The molecule has 0 unspecified atom stereocenters. The molecule has 2 saturated heterocycles. The van der Waals surface area contributed by atoms with Crippen molar-refractivity contribution < 1.29 is 32.1 Å². The maximum atomic E-state index is 13.9. The Morgan fingerprint density at radius 2 is 1.95 bits per heavy atom. The van der Waals surface area contributed by atoms with E-state index in [-0.39, 0.29) is 42.7 Å². The number of rotatable bonds is 8. The molecule has 0 spiro atoms. The van der Waals surface area contributed by atoms with E-state index in [2.05, 4.69) is 4.72 Å². The highest BCUT2D eigenvalue weighted by atomic mass is 35.5. The first-order valence-electron chi connectivity index (χ1n) is 12.2. The number of nitro benzene ring substituents is 1. The normalized spacial score (nSPS) is 22.5. The second-order valence-corrected chi connectivity index (χ2v) is 12.4. The van der Waals surface area contributed by atoms with Gasteiger partial charge >= 0.3 is 5.97 Å². The van der Waals surface area contributed by atoms with Crippen LogP contribution < -0.4 is 9.62 Å². The fraction of sp³-hybridized carbons (Fsp3) is 0.440. The molecule has 2 aliphatic heterocycles. The van der Waals surface area contributed by atoms with Crippen molar-refractivity contribution in [3.63, 3.8) is 0 Å². The third-order valence-corrected chi connectivity index (χ3v) is 8.86. The van der Waals surface area contributed by atoms with Crippen LogP contribution in [0.3, 0.4) is 0 Å². The summed E-state index contributed by atoms with van der Waals surface area (Å²) in [6.45, 7) is 5.21. The molecule has 1 N–H and O–H groups in total. The Hall–Kier alpha value is -3.13. The number of ether oxygens (including phenoxy) is 1. The molecule has 0 bridgehead atoms. The van der Waals surface area contributed by atoms with Gasteiger partial charge in [0, 0.05) is 24.7 Å². The van der Waals surface area contributed by atoms with Gasteiger partial charge < -0.3 is 9.64 Å². The molecule has 0 aliphatic carbocycles. The predicted molar refractivity (Wildman–Crippen MR) is 140 cm³/mol. The maximum absolute atomic E-state index is 13.9. The van der Waals surface area contributed by atoms with Crippen LogP contribution in [0.4, 0.5) is 15.8 Å². The third kappa shape index (κ3) is 6.06. The van der Waals surface area contributed by atoms with Crippen molar-refractivity contribution in [1.82, 2.24) is 9.62 Å². The van der Waals surface area contributed by atoms with Gasteiger partial charge in [0.05, 0.1) is 34.1 Å². The smallest absolute Gasteiger partial charge is 0.309 e. The summed E-state index contributed by atoms with van der Waals surface area (Å²) in [6.07, 6.45) is -0.650. The van der Waals surface area contributed by atoms with Gasteiger partial charge in [-0.15, -0.1) is 0 Å². The lowest BCUT2D eigenvalue weighted by molar-refractivity contribution is -0.387. The first-order valence-corrected chi connectivity index (χ1v) is 14.0. The van der Waals surface area contributed by atoms with Crippen molar-refractivity contribution in [3.05, 3.63) is 63.4 Å². The molecule has 39 heavy (non-hydrogen) atoms. The van der Waals surface area contributed by atoms with E-state index in [9.17, 15) is 32.5 Å². The van der Waals surface area contributed by atoms with E-state index >= 15 is 0 Å². The summed E-state index contributed by atoms with van der Waals surface area (Å²) in [5.74, 6) is -1.91. The minimum absolute atomic E-state index is 0.0476. The Morgan fingerprint density at radius 3 is 2.59 bits per heavy atom. The monoisotopic (exact) mass is 582 g/mol. The number of hydrogen-bond donors (Lipinski definition) is 1. The Balaban J connectivity index is 1.63. The van der Waals surface area contributed by atoms with Crippen LogP contribution in [-0.4, -0.2) is 67.4 Å². The van der Waals surface area contributed by atoms with E-state index in [1.165, 1.54) is 35.2 Å². The SMILES string of the molecule is C[C@@H]1C[C@@H]([C@H](CN2CC(=O)N(c3cc(F)ccc3Cl)CC2(C)C)NS(=O)(=O)c2ccccc2[N+](=O)[O-])OC1=O. The Labute approximate surface area is 230 Å². The molecule has 2 heterocycles. The van der Waals surface area contributed by atoms with E-state index in [4.69, 9.17) is 16.3 Å². The first-order chi connectivity index (χ1) is 18.2. The zero-order chi connectivity index (χ0) is 28.7. The average Bonchev–Trinajstić information content (AvgIpc) is 3.20. The number of para-hydroxylation sites is 1. The second-order valence-electron chi connectivity index (χ2n) is 10.3. The molecule has 2 aromatic carbocycles. The summed E-state index contributed by atoms with van der Waals surface area (Å²) in [5.41, 5.74) is -1.13. The van der Waals surface area contributed by atoms with Crippen molar-refractivity contribution in [1.29, 1.82) is 0 Å². The molecule has 2 aromatic rings. The van der Waals surface area contributed by atoms with Crippen molar-refractivity contribution in [2.24, 2.45) is 5.92 Å². The predicted octanol–water partition coefficient (Wildman–Crippen LogP) is 3.11. The second kappa shape index (κ2) is 10.8. The lowest BCUT2D eigenvalue weighted by Gasteiger charge is -2.48. The van der Waals surface area contributed by atoms with Crippen molar-refractivity contribution in [2.45, 2.75) is 49.8 Å². The fourth-order valence-electron chi connectivity index (χ4n) is 4.83. The van der Waals surface area contributed by atoms with Crippen LogP contribution >= 0.6 is 11.6 Å². The molecule has 2 fully saturated rings. The van der Waals surface area contributed by atoms with E-state index in [0.29, 0.717) is 0 Å². The van der Waals surface area contributed by atoms with E-state index in [1.807, 2.05) is 13.8 Å². The minimum atomic E-state index is -4.44. The van der Waals surface area contributed by atoms with E-state index in [0.717, 1.165) is 12.1 Å².